The van der Waals surface area contributed by atoms with Crippen LogP contribution in [0.4, 0.5) is 36.7 Å². The number of nitrogens with one attached hydrogen (secondary N) is 1. The number of piperazine rings is 1. The Labute approximate surface area is 238 Å². The molecule has 12 heteroatoms. The van der Waals surface area contributed by atoms with Crippen molar-refractivity contribution < 1.29 is 23.4 Å². The molecule has 41 heavy (non-hydrogen) atoms. The normalized spacial score (nSPS) is 17.4. The Hall–Kier alpha value is -4.22. The van der Waals surface area contributed by atoms with Gasteiger partial charge in [0.05, 0.1) is 36.4 Å². The van der Waals surface area contributed by atoms with Crippen molar-refractivity contribution in [1.82, 2.24) is 19.9 Å². The van der Waals surface area contributed by atoms with Gasteiger partial charge in [-0.05, 0) is 43.5 Å². The molecule has 1 fully saturated rings. The van der Waals surface area contributed by atoms with Crippen molar-refractivity contribution in [1.29, 1.82) is 0 Å². The van der Waals surface area contributed by atoms with Crippen LogP contribution in [0.5, 0.6) is 5.75 Å². The average Bonchev–Trinajstić information content (AvgIpc) is 2.93. The molecule has 1 unspecified atom stereocenters. The van der Waals surface area contributed by atoms with E-state index in [2.05, 4.69) is 25.2 Å². The monoisotopic (exact) mass is 567 g/mol. The Morgan fingerprint density at radius 3 is 2.54 bits per heavy atom. The number of ether oxygens (including phenoxy) is 1. The first-order valence-electron chi connectivity index (χ1n) is 13.7. The number of rotatable bonds is 5. The summed E-state index contributed by atoms with van der Waals surface area (Å²) in [5.41, 5.74) is 1.42. The number of benzene rings is 1. The number of hydrogen-bond acceptors (Lipinski definition) is 8. The summed E-state index contributed by atoms with van der Waals surface area (Å²) in [5, 5.41) is 12.6. The molecule has 1 amide bonds. The molecule has 218 valence electrons. The van der Waals surface area contributed by atoms with Crippen molar-refractivity contribution in [3.05, 3.63) is 48.3 Å². The van der Waals surface area contributed by atoms with Crippen LogP contribution < -0.4 is 19.9 Å². The minimum atomic E-state index is -0.912. The molecule has 1 aromatic carbocycles. The smallest absolute Gasteiger partial charge is 0.407 e. The molecule has 0 radical (unpaired) electrons. The molecule has 1 saturated heterocycles. The lowest BCUT2D eigenvalue weighted by Crippen LogP contribution is -2.59. The Kier molecular flexibility index (Phi) is 7.58. The third kappa shape index (κ3) is 5.82. The molecule has 0 bridgehead atoms. The molecule has 1 atom stereocenters. The van der Waals surface area contributed by atoms with Gasteiger partial charge in [-0.15, -0.1) is 0 Å². The molecule has 2 aliphatic heterocycles. The first kappa shape index (κ1) is 28.3. The number of aromatic nitrogens is 3. The summed E-state index contributed by atoms with van der Waals surface area (Å²) < 4.78 is 35.4. The maximum atomic E-state index is 15.0. The molecule has 10 nitrogen and oxygen atoms in total. The first-order chi connectivity index (χ1) is 19.4. The highest BCUT2D eigenvalue weighted by Gasteiger charge is 2.38. The minimum absolute atomic E-state index is 0.0420. The number of anilines is 4. The van der Waals surface area contributed by atoms with Gasteiger partial charge in [-0.2, -0.15) is 0 Å². The number of carbonyl (C=O) groups is 1. The number of carboxylic acid groups (broad SMARTS) is 1. The third-order valence-corrected chi connectivity index (χ3v) is 7.53. The summed E-state index contributed by atoms with van der Waals surface area (Å²) in [6.45, 7) is 12.6. The fraction of sp³-hybridized carbons (Fsp3) is 0.448. The molecule has 3 aromatic rings. The van der Waals surface area contributed by atoms with E-state index < -0.39 is 17.7 Å². The summed E-state index contributed by atoms with van der Waals surface area (Å²) in [7, 11) is 0. The Bertz CT molecular complexity index is 1430. The standard InChI is InChI=1S/C29H35F2N7O3/c1-17(2)37-10-11-41-26-20(30)12-18(13-22(26)37)25-21(31)15-33-27(35-25)34-24-7-6-19(14-32-24)36-8-9-38(28(39)40)23(16-36)29(3,4)5/h6-7,12-15,17,23H,8-11,16H2,1-5H3,(H,39,40)(H,32,33,34,35). The highest BCUT2D eigenvalue weighted by atomic mass is 19.1. The molecule has 2 aliphatic rings. The van der Waals surface area contributed by atoms with Gasteiger partial charge in [0.25, 0.3) is 0 Å². The van der Waals surface area contributed by atoms with E-state index in [0.29, 0.717) is 44.3 Å². The second-order valence-electron chi connectivity index (χ2n) is 11.7. The topological polar surface area (TPSA) is 107 Å². The molecular weight excluding hydrogens is 532 g/mol. The quantitative estimate of drug-likeness (QED) is 0.420. The predicted molar refractivity (Wildman–Crippen MR) is 153 cm³/mol. The van der Waals surface area contributed by atoms with Crippen molar-refractivity contribution in [2.24, 2.45) is 5.41 Å². The predicted octanol–water partition coefficient (Wildman–Crippen LogP) is 5.38. The summed E-state index contributed by atoms with van der Waals surface area (Å²) in [4.78, 5) is 30.3. The van der Waals surface area contributed by atoms with E-state index in [4.69, 9.17) is 4.74 Å². The van der Waals surface area contributed by atoms with Crippen LogP contribution in [-0.4, -0.2) is 75.9 Å². The number of halogens is 2. The molecule has 0 spiro atoms. The lowest BCUT2D eigenvalue weighted by Gasteiger charge is -2.46. The van der Waals surface area contributed by atoms with E-state index in [1.54, 1.807) is 18.3 Å². The highest BCUT2D eigenvalue weighted by molar-refractivity contribution is 5.73. The molecule has 5 rings (SSSR count). The molecular formula is C29H35F2N7O3. The minimum Gasteiger partial charge on any atom is -0.486 e. The zero-order chi connectivity index (χ0) is 29.5. The fourth-order valence-corrected chi connectivity index (χ4v) is 5.35. The van der Waals surface area contributed by atoms with Crippen LogP contribution in [-0.2, 0) is 0 Å². The van der Waals surface area contributed by atoms with E-state index >= 15 is 0 Å². The molecule has 2 N–H and O–H groups in total. The molecule has 2 aromatic heterocycles. The van der Waals surface area contributed by atoms with Gasteiger partial charge in [0.2, 0.25) is 5.95 Å². The average molecular weight is 568 g/mol. The summed E-state index contributed by atoms with van der Waals surface area (Å²) in [5.74, 6) is -0.548. The third-order valence-electron chi connectivity index (χ3n) is 7.53. The number of pyridine rings is 1. The van der Waals surface area contributed by atoms with Gasteiger partial charge in [-0.3, -0.25) is 0 Å². The maximum Gasteiger partial charge on any atom is 0.407 e. The van der Waals surface area contributed by atoms with Gasteiger partial charge in [-0.25, -0.2) is 28.5 Å². The number of fused-ring (bicyclic) bond motifs is 1. The van der Waals surface area contributed by atoms with E-state index in [-0.39, 0.29) is 40.5 Å². The zero-order valence-corrected chi connectivity index (χ0v) is 23.9. The van der Waals surface area contributed by atoms with Gasteiger partial charge in [-0.1, -0.05) is 20.8 Å². The largest absolute Gasteiger partial charge is 0.486 e. The molecule has 4 heterocycles. The van der Waals surface area contributed by atoms with Crippen molar-refractivity contribution in [2.45, 2.75) is 46.7 Å². The van der Waals surface area contributed by atoms with Crippen LogP contribution >= 0.6 is 0 Å². The van der Waals surface area contributed by atoms with Crippen LogP contribution in [0.15, 0.2) is 36.7 Å². The maximum absolute atomic E-state index is 15.0. The van der Waals surface area contributed by atoms with E-state index in [9.17, 15) is 18.7 Å². The van der Waals surface area contributed by atoms with Gasteiger partial charge in [0, 0.05) is 31.2 Å². The number of nitrogens with zero attached hydrogens (tertiary/aromatic N) is 6. The summed E-state index contributed by atoms with van der Waals surface area (Å²) >= 11 is 0. The summed E-state index contributed by atoms with van der Waals surface area (Å²) in [6.07, 6.45) is 1.83. The van der Waals surface area contributed by atoms with Gasteiger partial charge in [0.1, 0.15) is 18.1 Å². The second kappa shape index (κ2) is 11.0. The van der Waals surface area contributed by atoms with Gasteiger partial charge in [0.15, 0.2) is 17.4 Å². The van der Waals surface area contributed by atoms with E-state index in [1.165, 1.54) is 11.0 Å². The number of amides is 1. The van der Waals surface area contributed by atoms with Crippen LogP contribution in [0.3, 0.4) is 0 Å². The van der Waals surface area contributed by atoms with Crippen LogP contribution in [0.2, 0.25) is 0 Å². The summed E-state index contributed by atoms with van der Waals surface area (Å²) in [6, 6.07) is 6.48. The Balaban J connectivity index is 1.35. The SMILES string of the molecule is CC(C)N1CCOc2c(F)cc(-c3nc(Nc4ccc(N5CCN(C(=O)O)C(C(C)(C)C)C5)cn4)ncc3F)cc21. The molecule has 0 aliphatic carbocycles. The molecule has 0 saturated carbocycles. The van der Waals surface area contributed by atoms with E-state index in [0.717, 1.165) is 11.9 Å². The van der Waals surface area contributed by atoms with Crippen LogP contribution in [0.1, 0.15) is 34.6 Å². The fourth-order valence-electron chi connectivity index (χ4n) is 5.35. The highest BCUT2D eigenvalue weighted by Crippen LogP contribution is 2.39. The zero-order valence-electron chi connectivity index (χ0n) is 23.9. The number of hydrogen-bond donors (Lipinski definition) is 2. The van der Waals surface area contributed by atoms with Crippen molar-refractivity contribution >= 4 is 29.2 Å². The lowest BCUT2D eigenvalue weighted by molar-refractivity contribution is 0.0748. The van der Waals surface area contributed by atoms with Crippen molar-refractivity contribution in [3.8, 4) is 17.0 Å². The van der Waals surface area contributed by atoms with Crippen molar-refractivity contribution in [2.75, 3.05) is 47.9 Å². The van der Waals surface area contributed by atoms with Gasteiger partial charge < -0.3 is 29.9 Å². The lowest BCUT2D eigenvalue weighted by atomic mass is 9.84. The van der Waals surface area contributed by atoms with E-state index in [1.807, 2.05) is 45.6 Å². The Morgan fingerprint density at radius 1 is 1.10 bits per heavy atom. The Morgan fingerprint density at radius 2 is 1.88 bits per heavy atom. The van der Waals surface area contributed by atoms with Crippen molar-refractivity contribution in [3.63, 3.8) is 0 Å². The first-order valence-corrected chi connectivity index (χ1v) is 13.7. The second-order valence-corrected chi connectivity index (χ2v) is 11.7. The van der Waals surface area contributed by atoms with Gasteiger partial charge >= 0.3 is 6.09 Å². The van der Waals surface area contributed by atoms with Crippen LogP contribution in [0, 0.1) is 17.0 Å². The van der Waals surface area contributed by atoms with Crippen LogP contribution in [0.25, 0.3) is 11.3 Å².